The Morgan fingerprint density at radius 1 is 1.40 bits per heavy atom. The van der Waals surface area contributed by atoms with Gasteiger partial charge in [-0.3, -0.25) is 9.48 Å². The summed E-state index contributed by atoms with van der Waals surface area (Å²) in [5.74, 6) is 0.0583. The van der Waals surface area contributed by atoms with E-state index in [1.165, 1.54) is 0 Å². The summed E-state index contributed by atoms with van der Waals surface area (Å²) >= 11 is 0. The Morgan fingerprint density at radius 3 is 2.73 bits per heavy atom. The predicted molar refractivity (Wildman–Crippen MR) is 54.5 cm³/mol. The lowest BCUT2D eigenvalue weighted by molar-refractivity contribution is 0.0985. The summed E-state index contributed by atoms with van der Waals surface area (Å²) in [4.78, 5) is 15.7. The van der Waals surface area contributed by atoms with E-state index < -0.39 is 0 Å². The van der Waals surface area contributed by atoms with Gasteiger partial charge in [0.25, 0.3) is 0 Å². The van der Waals surface area contributed by atoms with Gasteiger partial charge in [-0.2, -0.15) is 5.10 Å². The van der Waals surface area contributed by atoms with Crippen molar-refractivity contribution in [2.24, 2.45) is 14.1 Å². The maximum absolute atomic E-state index is 11.8. The first-order valence-corrected chi connectivity index (χ1v) is 4.64. The van der Waals surface area contributed by atoms with E-state index in [0.717, 1.165) is 5.56 Å². The zero-order valence-corrected chi connectivity index (χ0v) is 8.71. The van der Waals surface area contributed by atoms with Crippen molar-refractivity contribution in [3.63, 3.8) is 0 Å². The molecule has 0 radical (unpaired) electrons. The van der Waals surface area contributed by atoms with Crippen LogP contribution in [0.1, 0.15) is 16.1 Å². The molecular weight excluding hydrogens is 192 g/mol. The minimum absolute atomic E-state index is 0.0583. The molecule has 2 aromatic heterocycles. The number of rotatable bonds is 3. The molecule has 0 aromatic carbocycles. The van der Waals surface area contributed by atoms with E-state index in [0.29, 0.717) is 12.1 Å². The van der Waals surface area contributed by atoms with Crippen molar-refractivity contribution >= 4 is 5.78 Å². The van der Waals surface area contributed by atoms with Crippen LogP contribution in [-0.4, -0.2) is 25.1 Å². The largest absolute Gasteiger partial charge is 0.331 e. The maximum atomic E-state index is 11.8. The number of carbonyl (C=O) groups excluding carboxylic acids is 1. The van der Waals surface area contributed by atoms with E-state index in [9.17, 15) is 4.79 Å². The van der Waals surface area contributed by atoms with Crippen LogP contribution in [-0.2, 0) is 20.5 Å². The molecule has 0 spiro atoms. The molecular formula is C10H12N4O. The van der Waals surface area contributed by atoms with Crippen LogP contribution in [0.25, 0.3) is 0 Å². The molecule has 5 heteroatoms. The van der Waals surface area contributed by atoms with Gasteiger partial charge < -0.3 is 4.57 Å². The van der Waals surface area contributed by atoms with Crippen LogP contribution < -0.4 is 0 Å². The number of nitrogens with zero attached hydrogens (tertiary/aromatic N) is 4. The number of aryl methyl sites for hydroxylation is 2. The molecule has 2 rings (SSSR count). The molecule has 0 fully saturated rings. The van der Waals surface area contributed by atoms with Gasteiger partial charge in [0.2, 0.25) is 0 Å². The topological polar surface area (TPSA) is 52.7 Å². The van der Waals surface area contributed by atoms with Crippen molar-refractivity contribution < 1.29 is 4.79 Å². The smallest absolute Gasteiger partial charge is 0.185 e. The maximum Gasteiger partial charge on any atom is 0.185 e. The lowest BCUT2D eigenvalue weighted by Crippen LogP contribution is -2.07. The number of hydrogen-bond acceptors (Lipinski definition) is 3. The van der Waals surface area contributed by atoms with Gasteiger partial charge in [0.15, 0.2) is 5.78 Å². The molecule has 15 heavy (non-hydrogen) atoms. The average molecular weight is 204 g/mol. The molecule has 0 atom stereocenters. The highest BCUT2D eigenvalue weighted by Crippen LogP contribution is 2.05. The molecule has 0 amide bonds. The number of imidazole rings is 1. The highest BCUT2D eigenvalue weighted by Gasteiger charge is 2.11. The second-order valence-corrected chi connectivity index (χ2v) is 3.51. The standard InChI is InChI=1S/C10H12N4O/c1-13-7-11-5-9(13)10(15)3-8-4-12-14(2)6-8/h4-7H,3H2,1-2H3. The number of aromatic nitrogens is 4. The monoisotopic (exact) mass is 204 g/mol. The first kappa shape index (κ1) is 9.64. The van der Waals surface area contributed by atoms with Crippen LogP contribution in [0.4, 0.5) is 0 Å². The van der Waals surface area contributed by atoms with Gasteiger partial charge >= 0.3 is 0 Å². The van der Waals surface area contributed by atoms with Crippen molar-refractivity contribution in [2.45, 2.75) is 6.42 Å². The summed E-state index contributed by atoms with van der Waals surface area (Å²) in [6.45, 7) is 0. The van der Waals surface area contributed by atoms with Crippen LogP contribution in [0.15, 0.2) is 24.9 Å². The van der Waals surface area contributed by atoms with Crippen molar-refractivity contribution in [1.29, 1.82) is 0 Å². The normalized spacial score (nSPS) is 10.5. The van der Waals surface area contributed by atoms with E-state index in [2.05, 4.69) is 10.1 Å². The molecule has 0 aliphatic carbocycles. The molecule has 0 aliphatic rings. The molecule has 78 valence electrons. The third-order valence-corrected chi connectivity index (χ3v) is 2.23. The SMILES string of the molecule is Cn1cc(CC(=O)c2cncn2C)cn1. The van der Waals surface area contributed by atoms with Crippen molar-refractivity contribution in [3.05, 3.63) is 36.2 Å². The van der Waals surface area contributed by atoms with E-state index in [1.54, 1.807) is 28.0 Å². The minimum atomic E-state index is 0.0583. The van der Waals surface area contributed by atoms with E-state index in [4.69, 9.17) is 0 Å². The first-order chi connectivity index (χ1) is 7.16. The Kier molecular flexibility index (Phi) is 2.37. The summed E-state index contributed by atoms with van der Waals surface area (Å²) in [6.07, 6.45) is 7.12. The molecule has 2 heterocycles. The molecule has 0 bridgehead atoms. The third kappa shape index (κ3) is 1.96. The summed E-state index contributed by atoms with van der Waals surface area (Å²) in [5, 5.41) is 4.02. The quantitative estimate of drug-likeness (QED) is 0.687. The molecule has 0 aliphatic heterocycles. The van der Waals surface area contributed by atoms with E-state index in [1.807, 2.05) is 20.3 Å². The van der Waals surface area contributed by atoms with Crippen LogP contribution in [0.3, 0.4) is 0 Å². The summed E-state index contributed by atoms with van der Waals surface area (Å²) < 4.78 is 3.41. The summed E-state index contributed by atoms with van der Waals surface area (Å²) in [7, 11) is 3.64. The lowest BCUT2D eigenvalue weighted by Gasteiger charge is -1.98. The van der Waals surface area contributed by atoms with Gasteiger partial charge in [-0.15, -0.1) is 0 Å². The van der Waals surface area contributed by atoms with Crippen LogP contribution >= 0.6 is 0 Å². The molecule has 0 saturated heterocycles. The van der Waals surface area contributed by atoms with E-state index >= 15 is 0 Å². The number of carbonyl (C=O) groups is 1. The fraction of sp³-hybridized carbons (Fsp3) is 0.300. The van der Waals surface area contributed by atoms with Crippen molar-refractivity contribution in [2.75, 3.05) is 0 Å². The van der Waals surface area contributed by atoms with Gasteiger partial charge in [0.05, 0.1) is 18.7 Å². The molecule has 0 N–H and O–H groups in total. The molecule has 5 nitrogen and oxygen atoms in total. The van der Waals surface area contributed by atoms with Gasteiger partial charge in [-0.25, -0.2) is 4.98 Å². The predicted octanol–water partition coefficient (Wildman–Crippen LogP) is 0.579. The second kappa shape index (κ2) is 3.68. The Bertz CT molecular complexity index is 483. The van der Waals surface area contributed by atoms with Gasteiger partial charge in [-0.1, -0.05) is 0 Å². The Balaban J connectivity index is 2.14. The summed E-state index contributed by atoms with van der Waals surface area (Å²) in [5.41, 5.74) is 1.54. The van der Waals surface area contributed by atoms with Crippen LogP contribution in [0.2, 0.25) is 0 Å². The Morgan fingerprint density at radius 2 is 2.20 bits per heavy atom. The number of ketones is 1. The van der Waals surface area contributed by atoms with Gasteiger partial charge in [-0.05, 0) is 5.56 Å². The number of Topliss-reactive ketones (excluding diaryl/α,β-unsaturated/α-hetero) is 1. The van der Waals surface area contributed by atoms with Crippen LogP contribution in [0, 0.1) is 0 Å². The van der Waals surface area contributed by atoms with E-state index in [-0.39, 0.29) is 5.78 Å². The first-order valence-electron chi connectivity index (χ1n) is 4.64. The highest BCUT2D eigenvalue weighted by atomic mass is 16.1. The fourth-order valence-corrected chi connectivity index (χ4v) is 1.47. The van der Waals surface area contributed by atoms with Crippen molar-refractivity contribution in [3.8, 4) is 0 Å². The van der Waals surface area contributed by atoms with Gasteiger partial charge in [0, 0.05) is 26.7 Å². The van der Waals surface area contributed by atoms with Gasteiger partial charge in [0.1, 0.15) is 5.69 Å². The Hall–Kier alpha value is -1.91. The lowest BCUT2D eigenvalue weighted by atomic mass is 10.1. The average Bonchev–Trinajstić information content (AvgIpc) is 2.75. The Labute approximate surface area is 87.4 Å². The molecule has 0 saturated carbocycles. The molecule has 2 aromatic rings. The fourth-order valence-electron chi connectivity index (χ4n) is 1.47. The molecule has 0 unspecified atom stereocenters. The van der Waals surface area contributed by atoms with Crippen LogP contribution in [0.5, 0.6) is 0 Å². The zero-order valence-electron chi connectivity index (χ0n) is 8.71. The third-order valence-electron chi connectivity index (χ3n) is 2.23. The second-order valence-electron chi connectivity index (χ2n) is 3.51. The van der Waals surface area contributed by atoms with Crippen molar-refractivity contribution in [1.82, 2.24) is 19.3 Å². The minimum Gasteiger partial charge on any atom is -0.331 e. The zero-order chi connectivity index (χ0) is 10.8. The summed E-state index contributed by atoms with van der Waals surface area (Å²) in [6, 6.07) is 0. The highest BCUT2D eigenvalue weighted by molar-refractivity contribution is 5.95. The number of hydrogen-bond donors (Lipinski definition) is 0.